The molecule has 0 radical (unpaired) electrons. The molecule has 0 amide bonds. The molecule has 0 bridgehead atoms. The van der Waals surface area contributed by atoms with E-state index in [1.165, 1.54) is 0 Å². The molecule has 0 fully saturated rings. The molecule has 0 aromatic rings. The average Bonchev–Trinajstić information content (AvgIpc) is 2.93. The number of aliphatic carboxylic acids is 3. The molecule has 0 aromatic heterocycles. The Morgan fingerprint density at radius 2 is 0.975 bits per heavy atom. The predicted octanol–water partition coefficient (Wildman–Crippen LogP) is 5.93. The first kappa shape index (κ1) is 44.6. The maximum atomic E-state index is 10.4. The molecule has 40 heavy (non-hydrogen) atoms. The first-order valence-electron chi connectivity index (χ1n) is 14.6. The number of esters is 1. The minimum absolute atomic E-state index is 0.111. The Balaban J connectivity index is -0.000000216. The highest BCUT2D eigenvalue weighted by atomic mass is 16.5. The Kier molecular flexibility index (Phi) is 36.5. The zero-order chi connectivity index (χ0) is 31.9. The van der Waals surface area contributed by atoms with E-state index < -0.39 is 36.6 Å². The maximum Gasteiger partial charge on any atom is 0.330 e. The van der Waals surface area contributed by atoms with Crippen molar-refractivity contribution < 1.29 is 49.4 Å². The molecule has 5 N–H and O–H groups in total. The first-order valence-corrected chi connectivity index (χ1v) is 14.6. The summed E-state index contributed by atoms with van der Waals surface area (Å²) in [6.45, 7) is 14.5. The summed E-state index contributed by atoms with van der Waals surface area (Å²) in [6, 6.07) is 0. The van der Waals surface area contributed by atoms with Crippen LogP contribution in [0.3, 0.4) is 0 Å². The van der Waals surface area contributed by atoms with Crippen molar-refractivity contribution in [1.82, 2.24) is 0 Å². The Bertz CT molecular complexity index is 574. The predicted molar refractivity (Wildman–Crippen MR) is 157 cm³/mol. The number of carbonyl (C=O) groups excluding carboxylic acids is 1. The molecule has 4 unspecified atom stereocenters. The van der Waals surface area contributed by atoms with E-state index in [0.29, 0.717) is 0 Å². The lowest BCUT2D eigenvalue weighted by molar-refractivity contribution is -0.143. The van der Waals surface area contributed by atoms with E-state index in [9.17, 15) is 19.2 Å². The van der Waals surface area contributed by atoms with Gasteiger partial charge in [-0.25, -0.2) is 4.79 Å². The molecule has 0 aliphatic rings. The van der Waals surface area contributed by atoms with E-state index in [0.717, 1.165) is 83.1 Å². The Morgan fingerprint density at radius 3 is 1.15 bits per heavy atom. The SMILES string of the molecule is C=CC(=O)OCC(O)CO.CCCCC(CC)C(=O)O.CCCCC(CC)C(=O)O.CCCCC(CC)C(=O)O. The molecule has 0 saturated carbocycles. The summed E-state index contributed by atoms with van der Waals surface area (Å²) in [5.74, 6) is -2.87. The molecule has 10 heteroatoms. The molecule has 10 nitrogen and oxygen atoms in total. The molecular formula is C30H58O10. The smallest absolute Gasteiger partial charge is 0.330 e. The van der Waals surface area contributed by atoms with Gasteiger partial charge in [-0.2, -0.15) is 0 Å². The van der Waals surface area contributed by atoms with Crippen LogP contribution in [-0.2, 0) is 23.9 Å². The number of aliphatic hydroxyl groups excluding tert-OH is 2. The van der Waals surface area contributed by atoms with Crippen LogP contribution in [0.1, 0.15) is 119 Å². The number of rotatable bonds is 19. The van der Waals surface area contributed by atoms with Crippen molar-refractivity contribution in [2.75, 3.05) is 13.2 Å². The highest BCUT2D eigenvalue weighted by molar-refractivity contribution is 5.81. The second-order valence-electron chi connectivity index (χ2n) is 9.43. The van der Waals surface area contributed by atoms with Crippen LogP contribution in [0.2, 0.25) is 0 Å². The fourth-order valence-electron chi connectivity index (χ4n) is 3.15. The molecule has 0 aromatic carbocycles. The van der Waals surface area contributed by atoms with Crippen LogP contribution in [0.4, 0.5) is 0 Å². The summed E-state index contributed by atoms with van der Waals surface area (Å²) in [5.41, 5.74) is 0. The molecule has 0 spiro atoms. The Labute approximate surface area is 241 Å². The van der Waals surface area contributed by atoms with Gasteiger partial charge >= 0.3 is 23.9 Å². The van der Waals surface area contributed by atoms with Gasteiger partial charge in [0.05, 0.1) is 24.4 Å². The number of ether oxygens (including phenoxy) is 1. The summed E-state index contributed by atoms with van der Waals surface area (Å²) in [7, 11) is 0. The third-order valence-corrected chi connectivity index (χ3v) is 6.04. The summed E-state index contributed by atoms with van der Waals surface area (Å²) < 4.78 is 4.38. The van der Waals surface area contributed by atoms with E-state index >= 15 is 0 Å². The lowest BCUT2D eigenvalue weighted by atomic mass is 10.00. The number of hydrogen-bond acceptors (Lipinski definition) is 7. The largest absolute Gasteiger partial charge is 0.481 e. The second-order valence-corrected chi connectivity index (χ2v) is 9.43. The van der Waals surface area contributed by atoms with Gasteiger partial charge < -0.3 is 30.3 Å². The number of carbonyl (C=O) groups is 4. The molecular weight excluding hydrogens is 520 g/mol. The zero-order valence-corrected chi connectivity index (χ0v) is 25.8. The summed E-state index contributed by atoms with van der Waals surface area (Å²) >= 11 is 0. The van der Waals surface area contributed by atoms with Crippen LogP contribution in [0, 0.1) is 17.8 Å². The van der Waals surface area contributed by atoms with Gasteiger partial charge in [-0.3, -0.25) is 14.4 Å². The summed E-state index contributed by atoms with van der Waals surface area (Å²) in [4.78, 5) is 41.6. The maximum absolute atomic E-state index is 10.4. The lowest BCUT2D eigenvalue weighted by Crippen LogP contribution is -2.21. The van der Waals surface area contributed by atoms with Crippen molar-refractivity contribution in [2.24, 2.45) is 17.8 Å². The van der Waals surface area contributed by atoms with Crippen LogP contribution < -0.4 is 0 Å². The lowest BCUT2D eigenvalue weighted by Gasteiger charge is -2.06. The third kappa shape index (κ3) is 31.8. The average molecular weight is 579 g/mol. The highest BCUT2D eigenvalue weighted by Crippen LogP contribution is 2.13. The molecule has 0 aliphatic carbocycles. The standard InChI is InChI=1S/3C8H16O2.C6H10O4/c3*1-3-5-6-7(4-2)8(9)10;1-2-6(9)10-4-5(8)3-7/h3*7H,3-6H2,1-2H3,(H,9,10);2,5,7-8H,1,3-4H2. The van der Waals surface area contributed by atoms with E-state index in [1.54, 1.807) is 0 Å². The van der Waals surface area contributed by atoms with E-state index in [4.69, 9.17) is 25.5 Å². The minimum Gasteiger partial charge on any atom is -0.481 e. The fourth-order valence-corrected chi connectivity index (χ4v) is 3.15. The monoisotopic (exact) mass is 578 g/mol. The molecule has 0 rings (SSSR count). The quantitative estimate of drug-likeness (QED) is 0.0910. The minimum atomic E-state index is -0.996. The number of carboxylic acid groups (broad SMARTS) is 3. The van der Waals surface area contributed by atoms with Crippen LogP contribution in [0.25, 0.3) is 0 Å². The first-order chi connectivity index (χ1) is 18.9. The molecule has 238 valence electrons. The number of aliphatic hydroxyl groups is 2. The Hall–Kier alpha value is -2.46. The summed E-state index contributed by atoms with van der Waals surface area (Å²) in [5, 5.41) is 42.7. The van der Waals surface area contributed by atoms with Gasteiger partial charge in [0.25, 0.3) is 0 Å². The van der Waals surface area contributed by atoms with E-state index in [-0.39, 0.29) is 24.4 Å². The van der Waals surface area contributed by atoms with Crippen molar-refractivity contribution in [3.63, 3.8) is 0 Å². The van der Waals surface area contributed by atoms with Crippen molar-refractivity contribution in [1.29, 1.82) is 0 Å². The van der Waals surface area contributed by atoms with Crippen molar-refractivity contribution in [2.45, 2.75) is 125 Å². The van der Waals surface area contributed by atoms with Gasteiger partial charge in [0, 0.05) is 6.08 Å². The van der Waals surface area contributed by atoms with Gasteiger partial charge in [0.15, 0.2) is 0 Å². The highest BCUT2D eigenvalue weighted by Gasteiger charge is 2.14. The van der Waals surface area contributed by atoms with Crippen LogP contribution >= 0.6 is 0 Å². The number of carboxylic acids is 3. The van der Waals surface area contributed by atoms with Crippen molar-refractivity contribution in [3.8, 4) is 0 Å². The van der Waals surface area contributed by atoms with Gasteiger partial charge in [-0.05, 0) is 38.5 Å². The normalized spacial score (nSPS) is 12.8. The molecule has 0 aliphatic heterocycles. The van der Waals surface area contributed by atoms with Crippen LogP contribution in [0.15, 0.2) is 12.7 Å². The number of hydrogen-bond donors (Lipinski definition) is 5. The van der Waals surface area contributed by atoms with Crippen LogP contribution in [0.5, 0.6) is 0 Å². The number of unbranched alkanes of at least 4 members (excludes halogenated alkanes) is 3. The van der Waals surface area contributed by atoms with Gasteiger partial charge in [0.2, 0.25) is 0 Å². The van der Waals surface area contributed by atoms with Crippen LogP contribution in [-0.4, -0.2) is 68.7 Å². The van der Waals surface area contributed by atoms with Gasteiger partial charge in [0.1, 0.15) is 12.7 Å². The van der Waals surface area contributed by atoms with Crippen molar-refractivity contribution >= 4 is 23.9 Å². The third-order valence-electron chi connectivity index (χ3n) is 6.04. The topological polar surface area (TPSA) is 179 Å². The molecule has 4 atom stereocenters. The van der Waals surface area contributed by atoms with Crippen molar-refractivity contribution in [3.05, 3.63) is 12.7 Å². The second kappa shape index (κ2) is 32.8. The van der Waals surface area contributed by atoms with Gasteiger partial charge in [-0.15, -0.1) is 0 Å². The zero-order valence-electron chi connectivity index (χ0n) is 25.8. The molecule has 0 saturated heterocycles. The summed E-state index contributed by atoms with van der Waals surface area (Å²) in [6.07, 6.45) is 11.1. The molecule has 0 heterocycles. The van der Waals surface area contributed by atoms with Gasteiger partial charge in [-0.1, -0.05) is 86.6 Å². The fraction of sp³-hybridized carbons (Fsp3) is 0.800. The Morgan fingerprint density at radius 1 is 0.675 bits per heavy atom. The van der Waals surface area contributed by atoms with E-state index in [2.05, 4.69) is 32.1 Å². The van der Waals surface area contributed by atoms with E-state index in [1.807, 2.05) is 20.8 Å².